The van der Waals surface area contributed by atoms with Gasteiger partial charge in [0.1, 0.15) is 0 Å². The van der Waals surface area contributed by atoms with Crippen molar-refractivity contribution >= 4 is 29.3 Å². The molecule has 0 saturated heterocycles. The molecule has 1 saturated carbocycles. The maximum Gasteiger partial charge on any atom is 0.251 e. The number of aromatic nitrogens is 1. The van der Waals surface area contributed by atoms with Crippen LogP contribution in [-0.2, 0) is 10.5 Å². The summed E-state index contributed by atoms with van der Waals surface area (Å²) in [7, 11) is 0. The van der Waals surface area contributed by atoms with Crippen molar-refractivity contribution in [2.75, 3.05) is 11.1 Å². The quantitative estimate of drug-likeness (QED) is 0.713. The van der Waals surface area contributed by atoms with E-state index in [1.807, 2.05) is 18.2 Å². The molecule has 1 aromatic carbocycles. The lowest BCUT2D eigenvalue weighted by atomic mass is 10.2. The van der Waals surface area contributed by atoms with Crippen molar-refractivity contribution in [2.45, 2.75) is 31.1 Å². The molecule has 0 radical (unpaired) electrons. The van der Waals surface area contributed by atoms with Crippen molar-refractivity contribution in [3.63, 3.8) is 0 Å². The van der Waals surface area contributed by atoms with Crippen molar-refractivity contribution in [1.82, 2.24) is 10.3 Å². The first kappa shape index (κ1) is 17.5. The Morgan fingerprint density at radius 3 is 2.60 bits per heavy atom. The molecule has 1 aliphatic rings. The second-order valence-electron chi connectivity index (χ2n) is 6.00. The highest BCUT2D eigenvalue weighted by Crippen LogP contribution is 2.20. The second kappa shape index (κ2) is 8.67. The molecule has 2 amide bonds. The predicted octanol–water partition coefficient (Wildman–Crippen LogP) is 3.24. The van der Waals surface area contributed by atoms with Gasteiger partial charge in [-0.3, -0.25) is 14.6 Å². The molecule has 0 bridgehead atoms. The van der Waals surface area contributed by atoms with Crippen LogP contribution in [0.4, 0.5) is 5.69 Å². The molecule has 25 heavy (non-hydrogen) atoms. The zero-order valence-electron chi connectivity index (χ0n) is 13.9. The van der Waals surface area contributed by atoms with Gasteiger partial charge in [-0.05, 0) is 49.2 Å². The van der Waals surface area contributed by atoms with Crippen LogP contribution < -0.4 is 10.6 Å². The minimum atomic E-state index is -0.0497. The zero-order valence-corrected chi connectivity index (χ0v) is 14.7. The summed E-state index contributed by atoms with van der Waals surface area (Å²) in [6.45, 7) is 0. The molecule has 1 fully saturated rings. The Bertz CT molecular complexity index is 715. The van der Waals surface area contributed by atoms with Crippen molar-refractivity contribution in [3.8, 4) is 0 Å². The van der Waals surface area contributed by atoms with Crippen molar-refractivity contribution in [2.24, 2.45) is 0 Å². The molecule has 2 N–H and O–H groups in total. The molecule has 1 aliphatic carbocycles. The zero-order chi connectivity index (χ0) is 17.5. The van der Waals surface area contributed by atoms with Gasteiger partial charge in [-0.15, -0.1) is 0 Å². The number of hydrogen-bond donors (Lipinski definition) is 2. The molecule has 1 heterocycles. The Balaban J connectivity index is 1.37. The molecule has 0 spiro atoms. The van der Waals surface area contributed by atoms with Crippen LogP contribution in [0, 0.1) is 0 Å². The van der Waals surface area contributed by atoms with Gasteiger partial charge < -0.3 is 10.6 Å². The number of hydrogen-bond acceptors (Lipinski definition) is 4. The highest BCUT2D eigenvalue weighted by molar-refractivity contribution is 7.98. The lowest BCUT2D eigenvalue weighted by molar-refractivity contribution is -0.115. The average Bonchev–Trinajstić information content (AvgIpc) is 3.44. The fourth-order valence-corrected chi connectivity index (χ4v) is 3.10. The van der Waals surface area contributed by atoms with E-state index in [0.29, 0.717) is 23.7 Å². The predicted molar refractivity (Wildman–Crippen MR) is 101 cm³/mol. The first-order chi connectivity index (χ1) is 12.2. The summed E-state index contributed by atoms with van der Waals surface area (Å²) in [5, 5.41) is 5.80. The molecule has 2 aromatic rings. The Morgan fingerprint density at radius 1 is 1.12 bits per heavy atom. The number of rotatable bonds is 8. The summed E-state index contributed by atoms with van der Waals surface area (Å²) >= 11 is 1.69. The number of anilines is 1. The largest absolute Gasteiger partial charge is 0.349 e. The highest BCUT2D eigenvalue weighted by Gasteiger charge is 2.23. The standard InChI is InChI=1S/C19H21N3O2S/c23-18(10-12-25-13-17-3-1-2-11-20-17)21-15-6-4-14(5-7-15)19(24)22-16-8-9-16/h1-7,11,16H,8-10,12-13H2,(H,21,23)(H,22,24). The SMILES string of the molecule is O=C(CCSCc1ccccn1)Nc1ccc(C(=O)NC2CC2)cc1. The third-order valence-corrected chi connectivity index (χ3v) is 4.79. The molecule has 1 aromatic heterocycles. The van der Waals surface area contributed by atoms with Crippen LogP contribution in [0.25, 0.3) is 0 Å². The van der Waals surface area contributed by atoms with Gasteiger partial charge in [0.15, 0.2) is 0 Å². The second-order valence-corrected chi connectivity index (χ2v) is 7.10. The van der Waals surface area contributed by atoms with Crippen LogP contribution in [0.2, 0.25) is 0 Å². The lowest BCUT2D eigenvalue weighted by Crippen LogP contribution is -2.25. The molecular weight excluding hydrogens is 334 g/mol. The molecule has 3 rings (SSSR count). The van der Waals surface area contributed by atoms with Crippen LogP contribution in [0.1, 0.15) is 35.3 Å². The number of benzene rings is 1. The van der Waals surface area contributed by atoms with E-state index in [1.54, 1.807) is 42.2 Å². The summed E-state index contributed by atoms with van der Waals surface area (Å²) in [5.74, 6) is 1.47. The van der Waals surface area contributed by atoms with Crippen LogP contribution >= 0.6 is 11.8 Å². The minimum absolute atomic E-state index is 0.0243. The number of nitrogens with one attached hydrogen (secondary N) is 2. The van der Waals surface area contributed by atoms with Gasteiger partial charge in [-0.1, -0.05) is 6.07 Å². The molecular formula is C19H21N3O2S. The smallest absolute Gasteiger partial charge is 0.251 e. The summed E-state index contributed by atoms with van der Waals surface area (Å²) in [6.07, 6.45) is 4.36. The molecule has 130 valence electrons. The number of carbonyl (C=O) groups excluding carboxylic acids is 2. The fraction of sp³-hybridized carbons (Fsp3) is 0.316. The summed E-state index contributed by atoms with van der Waals surface area (Å²) < 4.78 is 0. The molecule has 5 nitrogen and oxygen atoms in total. The molecule has 0 atom stereocenters. The minimum Gasteiger partial charge on any atom is -0.349 e. The first-order valence-electron chi connectivity index (χ1n) is 8.39. The van der Waals surface area contributed by atoms with Gasteiger partial charge in [-0.2, -0.15) is 11.8 Å². The van der Waals surface area contributed by atoms with Gasteiger partial charge in [-0.25, -0.2) is 0 Å². The molecule has 6 heteroatoms. The summed E-state index contributed by atoms with van der Waals surface area (Å²) in [4.78, 5) is 28.1. The normalized spacial score (nSPS) is 13.3. The topological polar surface area (TPSA) is 71.1 Å². The third kappa shape index (κ3) is 5.90. The number of nitrogens with zero attached hydrogens (tertiary/aromatic N) is 1. The maximum atomic E-state index is 12.0. The monoisotopic (exact) mass is 355 g/mol. The number of pyridine rings is 1. The van der Waals surface area contributed by atoms with E-state index >= 15 is 0 Å². The van der Waals surface area contributed by atoms with E-state index < -0.39 is 0 Å². The molecule has 0 unspecified atom stereocenters. The van der Waals surface area contributed by atoms with Gasteiger partial charge in [0.05, 0.1) is 5.69 Å². The van der Waals surface area contributed by atoms with Gasteiger partial charge in [0.25, 0.3) is 5.91 Å². The van der Waals surface area contributed by atoms with Gasteiger partial charge in [0, 0.05) is 41.4 Å². The average molecular weight is 355 g/mol. The van der Waals surface area contributed by atoms with Crippen LogP contribution in [0.15, 0.2) is 48.7 Å². The Hall–Kier alpha value is -2.34. The Labute approximate surface area is 151 Å². The number of thioether (sulfide) groups is 1. The fourth-order valence-electron chi connectivity index (χ4n) is 2.25. The maximum absolute atomic E-state index is 12.0. The van der Waals surface area contributed by atoms with Crippen molar-refractivity contribution in [3.05, 3.63) is 59.9 Å². The number of carbonyl (C=O) groups is 2. The van der Waals surface area contributed by atoms with Crippen LogP contribution in [-0.4, -0.2) is 28.6 Å². The van der Waals surface area contributed by atoms with E-state index in [2.05, 4.69) is 15.6 Å². The Morgan fingerprint density at radius 2 is 1.92 bits per heavy atom. The highest BCUT2D eigenvalue weighted by atomic mass is 32.2. The van der Waals surface area contributed by atoms with Crippen LogP contribution in [0.5, 0.6) is 0 Å². The summed E-state index contributed by atoms with van der Waals surface area (Å²) in [5.41, 5.74) is 2.35. The lowest BCUT2D eigenvalue weighted by Gasteiger charge is -2.07. The van der Waals surface area contributed by atoms with E-state index in [1.165, 1.54) is 0 Å². The number of amides is 2. The summed E-state index contributed by atoms with van der Waals surface area (Å²) in [6, 6.07) is 13.2. The van der Waals surface area contributed by atoms with Gasteiger partial charge >= 0.3 is 0 Å². The van der Waals surface area contributed by atoms with E-state index in [-0.39, 0.29) is 11.8 Å². The third-order valence-electron chi connectivity index (χ3n) is 3.79. The van der Waals surface area contributed by atoms with Crippen LogP contribution in [0.3, 0.4) is 0 Å². The first-order valence-corrected chi connectivity index (χ1v) is 9.54. The van der Waals surface area contributed by atoms with E-state index in [4.69, 9.17) is 0 Å². The molecule has 0 aliphatic heterocycles. The van der Waals surface area contributed by atoms with Gasteiger partial charge in [0.2, 0.25) is 5.91 Å². The van der Waals surface area contributed by atoms with Crippen molar-refractivity contribution in [1.29, 1.82) is 0 Å². The Kier molecular flexibility index (Phi) is 6.06. The van der Waals surface area contributed by atoms with Crippen molar-refractivity contribution < 1.29 is 9.59 Å². The van der Waals surface area contributed by atoms with E-state index in [0.717, 1.165) is 30.0 Å². The van der Waals surface area contributed by atoms with E-state index in [9.17, 15) is 9.59 Å².